The fourth-order valence-corrected chi connectivity index (χ4v) is 2.62. The zero-order chi connectivity index (χ0) is 11.5. The summed E-state index contributed by atoms with van der Waals surface area (Å²) >= 11 is 5.53. The first-order valence-electron chi connectivity index (χ1n) is 5.88. The highest BCUT2D eigenvalue weighted by Crippen LogP contribution is 2.41. The van der Waals surface area contributed by atoms with E-state index in [2.05, 4.69) is 20.8 Å². The maximum absolute atomic E-state index is 9.90. The lowest BCUT2D eigenvalue weighted by Crippen LogP contribution is -2.34. The van der Waals surface area contributed by atoms with E-state index >= 15 is 0 Å². The smallest absolute Gasteiger partial charge is 0.0571 e. The van der Waals surface area contributed by atoms with Crippen molar-refractivity contribution in [1.82, 2.24) is 0 Å². The van der Waals surface area contributed by atoms with Gasteiger partial charge in [0.1, 0.15) is 0 Å². The molecule has 0 radical (unpaired) electrons. The van der Waals surface area contributed by atoms with Crippen LogP contribution >= 0.6 is 11.6 Å². The zero-order valence-corrected chi connectivity index (χ0v) is 10.8. The highest BCUT2D eigenvalue weighted by atomic mass is 35.5. The Hall–Kier alpha value is -0.0100. The zero-order valence-electron chi connectivity index (χ0n) is 10.0. The number of aliphatic hydroxyl groups is 1. The molecule has 0 bridgehead atoms. The Kier molecular flexibility index (Phi) is 4.66. The van der Waals surface area contributed by atoms with Crippen molar-refractivity contribution >= 4 is 11.6 Å². The second-order valence-electron chi connectivity index (χ2n) is 5.80. The Bertz CT molecular complexity index is 217. The summed E-state index contributed by atoms with van der Waals surface area (Å²) in [6, 6.07) is 0. The predicted molar refractivity (Wildman–Crippen MR) is 65.9 cm³/mol. The summed E-state index contributed by atoms with van der Waals surface area (Å²) in [5.74, 6) is 1.13. The molecule has 0 amide bonds. The van der Waals surface area contributed by atoms with Crippen molar-refractivity contribution in [3.8, 4) is 0 Å². The maximum Gasteiger partial charge on any atom is 0.0571 e. The van der Waals surface area contributed by atoms with Gasteiger partial charge in [0.25, 0.3) is 0 Å². The van der Waals surface area contributed by atoms with E-state index in [0.29, 0.717) is 11.3 Å². The lowest BCUT2D eigenvalue weighted by molar-refractivity contribution is 0.0208. The third-order valence-corrected chi connectivity index (χ3v) is 3.87. The first kappa shape index (κ1) is 13.1. The van der Waals surface area contributed by atoms with Crippen LogP contribution in [0.5, 0.6) is 0 Å². The van der Waals surface area contributed by atoms with E-state index in [0.717, 1.165) is 31.6 Å². The standard InChI is InChI=1S/C13H23ClO/c1-13(2,3)11-6-7-12(15)10(9-11)5-4-8-14/h4,8,10-12,15H,5-7,9H2,1-3H3/b8-4+. The number of halogens is 1. The highest BCUT2D eigenvalue weighted by molar-refractivity contribution is 6.25. The molecule has 1 aliphatic rings. The Morgan fingerprint density at radius 1 is 1.33 bits per heavy atom. The van der Waals surface area contributed by atoms with E-state index in [4.69, 9.17) is 11.6 Å². The minimum atomic E-state index is -0.128. The molecule has 3 atom stereocenters. The van der Waals surface area contributed by atoms with Crippen molar-refractivity contribution in [1.29, 1.82) is 0 Å². The average Bonchev–Trinajstić information content (AvgIpc) is 2.15. The van der Waals surface area contributed by atoms with Crippen molar-refractivity contribution in [3.63, 3.8) is 0 Å². The molecule has 1 N–H and O–H groups in total. The molecule has 1 fully saturated rings. The molecule has 0 aromatic heterocycles. The second-order valence-corrected chi connectivity index (χ2v) is 6.05. The van der Waals surface area contributed by atoms with E-state index in [1.54, 1.807) is 5.54 Å². The van der Waals surface area contributed by atoms with Crippen molar-refractivity contribution in [3.05, 3.63) is 11.6 Å². The normalized spacial score (nSPS) is 33.5. The van der Waals surface area contributed by atoms with Crippen LogP contribution in [0.2, 0.25) is 0 Å². The highest BCUT2D eigenvalue weighted by Gasteiger charge is 2.34. The number of rotatable bonds is 2. The van der Waals surface area contributed by atoms with Crippen LogP contribution in [-0.2, 0) is 0 Å². The summed E-state index contributed by atoms with van der Waals surface area (Å²) in [5.41, 5.74) is 1.93. The average molecular weight is 231 g/mol. The third-order valence-electron chi connectivity index (χ3n) is 3.69. The molecule has 0 aromatic rings. The first-order chi connectivity index (χ1) is 6.95. The van der Waals surface area contributed by atoms with E-state index in [9.17, 15) is 5.11 Å². The fraction of sp³-hybridized carbons (Fsp3) is 0.846. The molecule has 1 saturated carbocycles. The lowest BCUT2D eigenvalue weighted by Gasteiger charge is -2.39. The molecule has 88 valence electrons. The molecule has 0 saturated heterocycles. The molecule has 15 heavy (non-hydrogen) atoms. The molecule has 2 heteroatoms. The number of hydrogen-bond donors (Lipinski definition) is 1. The van der Waals surface area contributed by atoms with Crippen LogP contribution in [0.4, 0.5) is 0 Å². The Balaban J connectivity index is 2.56. The summed E-state index contributed by atoms with van der Waals surface area (Å²) in [6.07, 6.45) is 5.98. The van der Waals surface area contributed by atoms with Crippen molar-refractivity contribution in [2.24, 2.45) is 17.3 Å². The van der Waals surface area contributed by atoms with Gasteiger partial charge in [-0.05, 0) is 42.9 Å². The van der Waals surface area contributed by atoms with Gasteiger partial charge in [-0.3, -0.25) is 0 Å². The van der Waals surface area contributed by atoms with Crippen molar-refractivity contribution in [2.45, 2.75) is 52.6 Å². The Labute approximate surface area is 98.5 Å². The molecule has 0 spiro atoms. The maximum atomic E-state index is 9.90. The topological polar surface area (TPSA) is 20.2 Å². The summed E-state index contributed by atoms with van der Waals surface area (Å²) in [4.78, 5) is 0. The van der Waals surface area contributed by atoms with Crippen LogP contribution < -0.4 is 0 Å². The van der Waals surface area contributed by atoms with Crippen LogP contribution in [0, 0.1) is 17.3 Å². The lowest BCUT2D eigenvalue weighted by atomic mass is 9.67. The van der Waals surface area contributed by atoms with E-state index in [1.807, 2.05) is 6.08 Å². The SMILES string of the molecule is CC(C)(C)C1CCC(O)C(C/C=C/Cl)C1. The first-order valence-corrected chi connectivity index (χ1v) is 6.32. The van der Waals surface area contributed by atoms with Crippen LogP contribution in [-0.4, -0.2) is 11.2 Å². The van der Waals surface area contributed by atoms with E-state index < -0.39 is 0 Å². The molecule has 0 heterocycles. The molecule has 3 unspecified atom stereocenters. The summed E-state index contributed by atoms with van der Waals surface area (Å²) in [7, 11) is 0. The van der Waals surface area contributed by atoms with Gasteiger partial charge >= 0.3 is 0 Å². The van der Waals surface area contributed by atoms with E-state index in [1.165, 1.54) is 0 Å². The molecule has 1 nitrogen and oxygen atoms in total. The monoisotopic (exact) mass is 230 g/mol. The number of allylic oxidation sites excluding steroid dienone is 1. The minimum absolute atomic E-state index is 0.128. The van der Waals surface area contributed by atoms with Crippen LogP contribution in [0.1, 0.15) is 46.5 Å². The van der Waals surface area contributed by atoms with Gasteiger partial charge in [-0.2, -0.15) is 0 Å². The van der Waals surface area contributed by atoms with Gasteiger partial charge in [-0.1, -0.05) is 38.4 Å². The quantitative estimate of drug-likeness (QED) is 0.762. The van der Waals surface area contributed by atoms with Gasteiger partial charge in [-0.25, -0.2) is 0 Å². The predicted octanol–water partition coefficient (Wildman–Crippen LogP) is 3.95. The van der Waals surface area contributed by atoms with Gasteiger partial charge in [0.2, 0.25) is 0 Å². The van der Waals surface area contributed by atoms with E-state index in [-0.39, 0.29) is 6.10 Å². The van der Waals surface area contributed by atoms with Gasteiger partial charge in [0.15, 0.2) is 0 Å². The molecule has 1 rings (SSSR count). The van der Waals surface area contributed by atoms with Crippen LogP contribution in [0.25, 0.3) is 0 Å². The summed E-state index contributed by atoms with van der Waals surface area (Å²) in [6.45, 7) is 6.89. The Morgan fingerprint density at radius 2 is 2.00 bits per heavy atom. The van der Waals surface area contributed by atoms with Crippen LogP contribution in [0.15, 0.2) is 11.6 Å². The van der Waals surface area contributed by atoms with Crippen LogP contribution in [0.3, 0.4) is 0 Å². The fourth-order valence-electron chi connectivity index (χ4n) is 2.51. The number of aliphatic hydroxyl groups excluding tert-OH is 1. The molecule has 0 aliphatic heterocycles. The molecular formula is C13H23ClO. The molecule has 0 aromatic carbocycles. The largest absolute Gasteiger partial charge is 0.393 e. The van der Waals surface area contributed by atoms with Gasteiger partial charge in [0.05, 0.1) is 6.10 Å². The van der Waals surface area contributed by atoms with Crippen molar-refractivity contribution in [2.75, 3.05) is 0 Å². The second kappa shape index (κ2) is 5.36. The summed E-state index contributed by atoms with van der Waals surface area (Å²) in [5, 5.41) is 9.90. The number of hydrogen-bond acceptors (Lipinski definition) is 1. The third kappa shape index (κ3) is 3.81. The van der Waals surface area contributed by atoms with Crippen molar-refractivity contribution < 1.29 is 5.11 Å². The van der Waals surface area contributed by atoms with Gasteiger partial charge in [0, 0.05) is 5.54 Å². The van der Waals surface area contributed by atoms with Gasteiger partial charge < -0.3 is 5.11 Å². The molecular weight excluding hydrogens is 208 g/mol. The summed E-state index contributed by atoms with van der Waals surface area (Å²) < 4.78 is 0. The minimum Gasteiger partial charge on any atom is -0.393 e. The Morgan fingerprint density at radius 3 is 2.53 bits per heavy atom. The van der Waals surface area contributed by atoms with Gasteiger partial charge in [-0.15, -0.1) is 0 Å². The molecule has 1 aliphatic carbocycles.